The zero-order chi connectivity index (χ0) is 13.3. The summed E-state index contributed by atoms with van der Waals surface area (Å²) in [6.07, 6.45) is -1.57. The van der Waals surface area contributed by atoms with Crippen molar-refractivity contribution >= 4 is 0 Å². The molecule has 0 bridgehead atoms. The van der Waals surface area contributed by atoms with E-state index in [2.05, 4.69) is 6.58 Å². The van der Waals surface area contributed by atoms with Crippen molar-refractivity contribution in [2.75, 3.05) is 13.2 Å². The van der Waals surface area contributed by atoms with Crippen LogP contribution < -0.4 is 0 Å². The Hall–Kier alpha value is -0.500. The van der Waals surface area contributed by atoms with Gasteiger partial charge < -0.3 is 29.2 Å². The molecule has 0 radical (unpaired) electrons. The molecule has 0 aliphatic carbocycles. The van der Waals surface area contributed by atoms with Crippen molar-refractivity contribution in [2.24, 2.45) is 0 Å². The maximum atomic E-state index is 9.72. The monoisotopic (exact) mass is 260 g/mol. The summed E-state index contributed by atoms with van der Waals surface area (Å²) >= 11 is 0. The zero-order valence-corrected chi connectivity index (χ0v) is 10.6. The van der Waals surface area contributed by atoms with Crippen molar-refractivity contribution in [3.8, 4) is 0 Å². The van der Waals surface area contributed by atoms with E-state index >= 15 is 0 Å². The minimum atomic E-state index is -1.03. The molecule has 2 fully saturated rings. The number of aliphatic hydroxyl groups excluding tert-OH is 2. The molecule has 18 heavy (non-hydrogen) atoms. The molecule has 0 unspecified atom stereocenters. The predicted octanol–water partition coefficient (Wildman–Crippen LogP) is -0.213. The smallest absolute Gasteiger partial charge is 0.190 e. The third-order valence-electron chi connectivity index (χ3n) is 3.00. The number of hydrogen-bond donors (Lipinski definition) is 2. The van der Waals surface area contributed by atoms with E-state index < -0.39 is 43.1 Å². The van der Waals surface area contributed by atoms with Crippen molar-refractivity contribution < 1.29 is 29.2 Å². The molecule has 0 amide bonds. The normalized spacial score (nSPS) is 39.6. The molecule has 2 heterocycles. The van der Waals surface area contributed by atoms with Crippen LogP contribution in [0.1, 0.15) is 13.8 Å². The number of rotatable bonds is 5. The van der Waals surface area contributed by atoms with Gasteiger partial charge in [0, 0.05) is 0 Å². The third-order valence-corrected chi connectivity index (χ3v) is 3.00. The average Bonchev–Trinajstić information content (AvgIpc) is 2.77. The highest BCUT2D eigenvalue weighted by Crippen LogP contribution is 2.39. The van der Waals surface area contributed by atoms with E-state index in [1.54, 1.807) is 19.9 Å². The highest BCUT2D eigenvalue weighted by atomic mass is 16.8. The van der Waals surface area contributed by atoms with E-state index in [0.29, 0.717) is 6.61 Å². The largest absolute Gasteiger partial charge is 0.394 e. The van der Waals surface area contributed by atoms with Crippen LogP contribution in [-0.2, 0) is 18.9 Å². The van der Waals surface area contributed by atoms with Gasteiger partial charge in [-0.2, -0.15) is 0 Å². The Morgan fingerprint density at radius 1 is 1.44 bits per heavy atom. The van der Waals surface area contributed by atoms with Gasteiger partial charge in [-0.05, 0) is 13.8 Å². The zero-order valence-electron chi connectivity index (χ0n) is 10.6. The van der Waals surface area contributed by atoms with Crippen molar-refractivity contribution in [3.63, 3.8) is 0 Å². The Balaban J connectivity index is 2.09. The van der Waals surface area contributed by atoms with Gasteiger partial charge in [0.25, 0.3) is 0 Å². The van der Waals surface area contributed by atoms with Crippen LogP contribution in [0.3, 0.4) is 0 Å². The second-order valence-corrected chi connectivity index (χ2v) is 4.91. The quantitative estimate of drug-likeness (QED) is 0.666. The summed E-state index contributed by atoms with van der Waals surface area (Å²) in [5.41, 5.74) is 0. The van der Waals surface area contributed by atoms with E-state index in [0.717, 1.165) is 0 Å². The predicted molar refractivity (Wildman–Crippen MR) is 61.7 cm³/mol. The van der Waals surface area contributed by atoms with Crippen LogP contribution in [0.25, 0.3) is 0 Å². The van der Waals surface area contributed by atoms with Crippen LogP contribution in [-0.4, -0.2) is 59.9 Å². The maximum absolute atomic E-state index is 9.72. The Morgan fingerprint density at radius 3 is 2.78 bits per heavy atom. The molecule has 6 nitrogen and oxygen atoms in total. The molecule has 5 atom stereocenters. The fraction of sp³-hybridized carbons (Fsp3) is 0.833. The first-order valence-electron chi connectivity index (χ1n) is 6.01. The fourth-order valence-electron chi connectivity index (χ4n) is 2.29. The molecule has 2 N–H and O–H groups in total. The molecular weight excluding hydrogens is 240 g/mol. The summed E-state index contributed by atoms with van der Waals surface area (Å²) in [4.78, 5) is 0. The average molecular weight is 260 g/mol. The molecular formula is C12H20O6. The second kappa shape index (κ2) is 5.24. The third kappa shape index (κ3) is 2.59. The number of aliphatic hydroxyl groups is 2. The summed E-state index contributed by atoms with van der Waals surface area (Å²) in [5, 5.41) is 18.7. The van der Waals surface area contributed by atoms with Crippen molar-refractivity contribution in [1.29, 1.82) is 0 Å². The summed E-state index contributed by atoms with van der Waals surface area (Å²) in [6, 6.07) is 0. The molecule has 2 aliphatic rings. The molecule has 2 aliphatic heterocycles. The summed E-state index contributed by atoms with van der Waals surface area (Å²) in [5.74, 6) is -0.736. The lowest BCUT2D eigenvalue weighted by molar-refractivity contribution is -0.230. The minimum absolute atomic E-state index is 0.315. The number of ether oxygens (including phenoxy) is 4. The van der Waals surface area contributed by atoms with E-state index in [9.17, 15) is 5.11 Å². The van der Waals surface area contributed by atoms with Crippen molar-refractivity contribution in [3.05, 3.63) is 12.7 Å². The first-order valence-corrected chi connectivity index (χ1v) is 6.01. The molecule has 0 aromatic rings. The molecule has 0 saturated carbocycles. The van der Waals surface area contributed by atoms with Crippen molar-refractivity contribution in [1.82, 2.24) is 0 Å². The van der Waals surface area contributed by atoms with Crippen LogP contribution in [0.2, 0.25) is 0 Å². The lowest BCUT2D eigenvalue weighted by Crippen LogP contribution is -2.44. The second-order valence-electron chi connectivity index (χ2n) is 4.91. The van der Waals surface area contributed by atoms with Crippen LogP contribution >= 0.6 is 0 Å². The highest BCUT2D eigenvalue weighted by Gasteiger charge is 2.56. The Kier molecular flexibility index (Phi) is 4.05. The van der Waals surface area contributed by atoms with Crippen LogP contribution in [0, 0.1) is 0 Å². The molecule has 104 valence electrons. The standard InChI is InChI=1S/C12H20O6/c1-4-5-15-9-8(7(14)6-13)16-11-10(9)17-12(2,3)18-11/h4,7-11,13-14H,1,5-6H2,2-3H3/t7-,8+,9+,10-,11-/m1/s1. The Morgan fingerprint density at radius 2 is 2.17 bits per heavy atom. The Bertz CT molecular complexity index is 305. The number of hydrogen-bond acceptors (Lipinski definition) is 6. The van der Waals surface area contributed by atoms with E-state index in [-0.39, 0.29) is 0 Å². The van der Waals surface area contributed by atoms with Gasteiger partial charge in [0.15, 0.2) is 12.1 Å². The van der Waals surface area contributed by atoms with E-state index in [1.165, 1.54) is 0 Å². The van der Waals surface area contributed by atoms with Gasteiger partial charge in [-0.15, -0.1) is 6.58 Å². The van der Waals surface area contributed by atoms with Crippen LogP contribution in [0.4, 0.5) is 0 Å². The van der Waals surface area contributed by atoms with Gasteiger partial charge in [-0.3, -0.25) is 0 Å². The summed E-state index contributed by atoms with van der Waals surface area (Å²) < 4.78 is 22.4. The lowest BCUT2D eigenvalue weighted by Gasteiger charge is -2.27. The van der Waals surface area contributed by atoms with Gasteiger partial charge >= 0.3 is 0 Å². The molecule has 0 spiro atoms. The van der Waals surface area contributed by atoms with Gasteiger partial charge in [0.05, 0.1) is 13.2 Å². The molecule has 0 aromatic carbocycles. The SMILES string of the molecule is C=CCO[C@H]1[C@H]([C@H](O)CO)O[C@@H]2OC(C)(C)O[C@@H]21. The van der Waals surface area contributed by atoms with Gasteiger partial charge in [0.2, 0.25) is 0 Å². The molecule has 2 rings (SSSR count). The maximum Gasteiger partial charge on any atom is 0.190 e. The minimum Gasteiger partial charge on any atom is -0.394 e. The Labute approximate surface area is 106 Å². The van der Waals surface area contributed by atoms with Crippen LogP contribution in [0.15, 0.2) is 12.7 Å². The first-order chi connectivity index (χ1) is 8.48. The van der Waals surface area contributed by atoms with Gasteiger partial charge in [0.1, 0.15) is 24.4 Å². The van der Waals surface area contributed by atoms with E-state index in [1.807, 2.05) is 0 Å². The summed E-state index contributed by atoms with van der Waals surface area (Å²) in [7, 11) is 0. The summed E-state index contributed by atoms with van der Waals surface area (Å²) in [6.45, 7) is 7.07. The number of fused-ring (bicyclic) bond motifs is 1. The topological polar surface area (TPSA) is 77.4 Å². The lowest BCUT2D eigenvalue weighted by atomic mass is 10.1. The molecule has 0 aromatic heterocycles. The molecule has 6 heteroatoms. The van der Waals surface area contributed by atoms with Gasteiger partial charge in [-0.1, -0.05) is 6.08 Å². The van der Waals surface area contributed by atoms with E-state index in [4.69, 9.17) is 24.1 Å². The highest BCUT2D eigenvalue weighted by molar-refractivity contribution is 4.97. The van der Waals surface area contributed by atoms with Crippen molar-refractivity contribution in [2.45, 2.75) is 50.3 Å². The fourth-order valence-corrected chi connectivity index (χ4v) is 2.29. The van der Waals surface area contributed by atoms with Crippen LogP contribution in [0.5, 0.6) is 0 Å². The first kappa shape index (κ1) is 13.9. The molecule has 2 saturated heterocycles. The van der Waals surface area contributed by atoms with Gasteiger partial charge in [-0.25, -0.2) is 0 Å².